The second kappa shape index (κ2) is 10.5. The molecule has 1 fully saturated rings. The minimum absolute atomic E-state index is 0.249. The number of sulfonamides is 1. The predicted octanol–water partition coefficient (Wildman–Crippen LogP) is 2.44. The van der Waals surface area contributed by atoms with Crippen molar-refractivity contribution in [3.05, 3.63) is 48.5 Å². The van der Waals surface area contributed by atoms with E-state index in [0.717, 1.165) is 12.8 Å². The molecule has 9 heteroatoms. The minimum Gasteiger partial charge on any atom is -0.497 e. The van der Waals surface area contributed by atoms with Crippen molar-refractivity contribution in [2.75, 3.05) is 33.4 Å². The topological polar surface area (TPSA) is 94.2 Å². The normalized spacial score (nSPS) is 15.3. The molecule has 1 atom stereocenters. The van der Waals surface area contributed by atoms with E-state index in [1.54, 1.807) is 62.6 Å². The van der Waals surface area contributed by atoms with Crippen LogP contribution in [0.3, 0.4) is 0 Å². The molecule has 1 heterocycles. The Labute approximate surface area is 183 Å². The van der Waals surface area contributed by atoms with Crippen molar-refractivity contribution < 1.29 is 27.4 Å². The van der Waals surface area contributed by atoms with Crippen molar-refractivity contribution in [3.8, 4) is 17.2 Å². The molecule has 1 aliphatic heterocycles. The van der Waals surface area contributed by atoms with E-state index in [4.69, 9.17) is 14.2 Å². The van der Waals surface area contributed by atoms with Gasteiger partial charge in [0.25, 0.3) is 5.91 Å². The highest BCUT2D eigenvalue weighted by Crippen LogP contribution is 2.23. The lowest BCUT2D eigenvalue weighted by atomic mass is 10.3. The van der Waals surface area contributed by atoms with Crippen molar-refractivity contribution in [3.63, 3.8) is 0 Å². The number of carbonyl (C=O) groups is 1. The Morgan fingerprint density at radius 3 is 2.19 bits per heavy atom. The number of nitrogens with one attached hydrogen (secondary N) is 1. The summed E-state index contributed by atoms with van der Waals surface area (Å²) in [5.74, 6) is 1.57. The van der Waals surface area contributed by atoms with Gasteiger partial charge in [0.15, 0.2) is 6.10 Å². The Bertz CT molecular complexity index is 955. The number of benzene rings is 2. The van der Waals surface area contributed by atoms with Gasteiger partial charge in [-0.15, -0.1) is 0 Å². The van der Waals surface area contributed by atoms with Crippen LogP contribution in [0.2, 0.25) is 0 Å². The van der Waals surface area contributed by atoms with Crippen molar-refractivity contribution in [1.29, 1.82) is 0 Å². The molecule has 0 spiro atoms. The monoisotopic (exact) mass is 448 g/mol. The molecular formula is C22H28N2O6S. The molecule has 31 heavy (non-hydrogen) atoms. The van der Waals surface area contributed by atoms with Gasteiger partial charge in [-0.3, -0.25) is 4.79 Å². The van der Waals surface area contributed by atoms with Gasteiger partial charge in [0.2, 0.25) is 10.0 Å². The van der Waals surface area contributed by atoms with Crippen molar-refractivity contribution in [1.82, 2.24) is 9.62 Å². The zero-order valence-electron chi connectivity index (χ0n) is 17.7. The Kier molecular flexibility index (Phi) is 7.75. The summed E-state index contributed by atoms with van der Waals surface area (Å²) in [6.07, 6.45) is 1.13. The summed E-state index contributed by atoms with van der Waals surface area (Å²) in [6.45, 7) is 3.35. The third kappa shape index (κ3) is 6.11. The number of amides is 1. The number of methoxy groups -OCH3 is 1. The number of hydrogen-bond acceptors (Lipinski definition) is 6. The van der Waals surface area contributed by atoms with Crippen LogP contribution in [0.1, 0.15) is 19.8 Å². The second-order valence-electron chi connectivity index (χ2n) is 7.16. The van der Waals surface area contributed by atoms with Gasteiger partial charge in [0.1, 0.15) is 23.9 Å². The standard InChI is InChI=1S/C22H28N2O6S/c1-17(30-20-7-5-18(28-2)6-8-20)22(25)23-13-16-29-19-9-11-21(12-10-19)31(26,27)24-14-3-4-15-24/h5-12,17H,3-4,13-16H2,1-2H3,(H,23,25)/t17-/m1/s1. The van der Waals surface area contributed by atoms with E-state index in [0.29, 0.717) is 36.9 Å². The maximum Gasteiger partial charge on any atom is 0.260 e. The molecule has 168 valence electrons. The number of nitrogens with zero attached hydrogens (tertiary/aromatic N) is 1. The van der Waals surface area contributed by atoms with Crippen LogP contribution < -0.4 is 19.5 Å². The smallest absolute Gasteiger partial charge is 0.260 e. The van der Waals surface area contributed by atoms with Crippen LogP contribution in [0.25, 0.3) is 0 Å². The van der Waals surface area contributed by atoms with Crippen LogP contribution >= 0.6 is 0 Å². The van der Waals surface area contributed by atoms with Crippen LogP contribution in [-0.4, -0.2) is 58.1 Å². The summed E-state index contributed by atoms with van der Waals surface area (Å²) >= 11 is 0. The molecule has 1 N–H and O–H groups in total. The zero-order chi connectivity index (χ0) is 22.3. The lowest BCUT2D eigenvalue weighted by Crippen LogP contribution is -2.38. The number of carbonyl (C=O) groups excluding carboxylic acids is 1. The number of hydrogen-bond donors (Lipinski definition) is 1. The van der Waals surface area contributed by atoms with Crippen LogP contribution in [0.15, 0.2) is 53.4 Å². The second-order valence-corrected chi connectivity index (χ2v) is 9.10. The molecule has 3 rings (SSSR count). The fourth-order valence-electron chi connectivity index (χ4n) is 3.18. The van der Waals surface area contributed by atoms with Gasteiger partial charge in [-0.05, 0) is 68.3 Å². The van der Waals surface area contributed by atoms with E-state index in [9.17, 15) is 13.2 Å². The molecule has 0 aliphatic carbocycles. The molecule has 2 aromatic carbocycles. The van der Waals surface area contributed by atoms with Gasteiger partial charge in [0, 0.05) is 13.1 Å². The molecule has 2 aromatic rings. The fourth-order valence-corrected chi connectivity index (χ4v) is 4.70. The highest BCUT2D eigenvalue weighted by molar-refractivity contribution is 7.89. The van der Waals surface area contributed by atoms with Gasteiger partial charge < -0.3 is 19.5 Å². The highest BCUT2D eigenvalue weighted by Gasteiger charge is 2.26. The lowest BCUT2D eigenvalue weighted by Gasteiger charge is -2.16. The molecule has 0 aromatic heterocycles. The van der Waals surface area contributed by atoms with Crippen LogP contribution in [0.5, 0.6) is 17.2 Å². The third-order valence-corrected chi connectivity index (χ3v) is 6.85. The Balaban J connectivity index is 1.41. The molecule has 0 radical (unpaired) electrons. The molecule has 0 unspecified atom stereocenters. The van der Waals surface area contributed by atoms with E-state index in [1.807, 2.05) is 0 Å². The molecule has 1 saturated heterocycles. The molecule has 0 saturated carbocycles. The molecule has 1 amide bonds. The van der Waals surface area contributed by atoms with Crippen LogP contribution in [-0.2, 0) is 14.8 Å². The van der Waals surface area contributed by atoms with E-state index >= 15 is 0 Å². The summed E-state index contributed by atoms with van der Waals surface area (Å²) in [7, 11) is -1.85. The predicted molar refractivity (Wildman–Crippen MR) is 116 cm³/mol. The first-order chi connectivity index (χ1) is 14.9. The van der Waals surface area contributed by atoms with Crippen molar-refractivity contribution in [2.24, 2.45) is 0 Å². The summed E-state index contributed by atoms with van der Waals surface area (Å²) < 4.78 is 42.9. The summed E-state index contributed by atoms with van der Waals surface area (Å²) in [4.78, 5) is 12.4. The minimum atomic E-state index is -3.43. The maximum atomic E-state index is 12.5. The molecule has 8 nitrogen and oxygen atoms in total. The van der Waals surface area contributed by atoms with Gasteiger partial charge in [-0.2, -0.15) is 4.31 Å². The van der Waals surface area contributed by atoms with Crippen LogP contribution in [0, 0.1) is 0 Å². The average molecular weight is 449 g/mol. The van der Waals surface area contributed by atoms with Crippen molar-refractivity contribution in [2.45, 2.75) is 30.8 Å². The Morgan fingerprint density at radius 2 is 1.58 bits per heavy atom. The van der Waals surface area contributed by atoms with Crippen molar-refractivity contribution >= 4 is 15.9 Å². The van der Waals surface area contributed by atoms with Gasteiger partial charge in [-0.1, -0.05) is 0 Å². The van der Waals surface area contributed by atoms with E-state index in [2.05, 4.69) is 5.32 Å². The summed E-state index contributed by atoms with van der Waals surface area (Å²) in [6, 6.07) is 13.3. The molecular weight excluding hydrogens is 420 g/mol. The number of rotatable bonds is 10. The first-order valence-corrected chi connectivity index (χ1v) is 11.7. The van der Waals surface area contributed by atoms with Crippen LogP contribution in [0.4, 0.5) is 0 Å². The Morgan fingerprint density at radius 1 is 1.00 bits per heavy atom. The maximum absolute atomic E-state index is 12.5. The zero-order valence-corrected chi connectivity index (χ0v) is 18.6. The quantitative estimate of drug-likeness (QED) is 0.561. The third-order valence-electron chi connectivity index (χ3n) is 4.94. The van der Waals surface area contributed by atoms with E-state index in [1.165, 1.54) is 4.31 Å². The number of ether oxygens (including phenoxy) is 3. The van der Waals surface area contributed by atoms with Gasteiger partial charge in [-0.25, -0.2) is 8.42 Å². The SMILES string of the molecule is COc1ccc(O[C@H](C)C(=O)NCCOc2ccc(S(=O)(=O)N3CCCC3)cc2)cc1. The van der Waals surface area contributed by atoms with Gasteiger partial charge >= 0.3 is 0 Å². The highest BCUT2D eigenvalue weighted by atomic mass is 32.2. The largest absolute Gasteiger partial charge is 0.497 e. The average Bonchev–Trinajstić information content (AvgIpc) is 3.33. The Hall–Kier alpha value is -2.78. The summed E-state index contributed by atoms with van der Waals surface area (Å²) in [5.41, 5.74) is 0. The first-order valence-electron chi connectivity index (χ1n) is 10.2. The van der Waals surface area contributed by atoms with E-state index < -0.39 is 16.1 Å². The fraction of sp³-hybridized carbons (Fsp3) is 0.409. The summed E-state index contributed by atoms with van der Waals surface area (Å²) in [5, 5.41) is 2.75. The lowest BCUT2D eigenvalue weighted by molar-refractivity contribution is -0.127. The molecule has 0 bridgehead atoms. The van der Waals surface area contributed by atoms with E-state index in [-0.39, 0.29) is 17.4 Å². The van der Waals surface area contributed by atoms with Gasteiger partial charge in [0.05, 0.1) is 18.6 Å². The first kappa shape index (κ1) is 22.9. The molecule has 1 aliphatic rings.